The highest BCUT2D eigenvalue weighted by Gasteiger charge is 2.29. The Morgan fingerprint density at radius 3 is 2.64 bits per heavy atom. The van der Waals surface area contributed by atoms with Crippen LogP contribution in [0.2, 0.25) is 0 Å². The summed E-state index contributed by atoms with van der Waals surface area (Å²) in [5.74, 6) is -0.124. The topological polar surface area (TPSA) is 120 Å². The van der Waals surface area contributed by atoms with Gasteiger partial charge in [0.1, 0.15) is 6.10 Å². The maximum absolute atomic E-state index is 11.9. The summed E-state index contributed by atoms with van der Waals surface area (Å²) in [6.07, 6.45) is 1.08. The van der Waals surface area contributed by atoms with Gasteiger partial charge in [0, 0.05) is 37.5 Å². The van der Waals surface area contributed by atoms with Crippen molar-refractivity contribution in [2.24, 2.45) is 5.73 Å². The second kappa shape index (κ2) is 7.71. The van der Waals surface area contributed by atoms with Crippen LogP contribution in [0.3, 0.4) is 0 Å². The highest BCUT2D eigenvalue weighted by molar-refractivity contribution is 5.81. The van der Waals surface area contributed by atoms with Crippen LogP contribution in [0.5, 0.6) is 0 Å². The van der Waals surface area contributed by atoms with Gasteiger partial charge < -0.3 is 21.1 Å². The fraction of sp³-hybridized carbons (Fsp3) is 0.500. The molecule has 1 aliphatic heterocycles. The summed E-state index contributed by atoms with van der Waals surface area (Å²) in [5.41, 5.74) is 6.31. The third-order valence-corrected chi connectivity index (χ3v) is 3.49. The van der Waals surface area contributed by atoms with Crippen LogP contribution in [0.4, 0.5) is 11.4 Å². The van der Waals surface area contributed by atoms with E-state index in [0.717, 1.165) is 12.1 Å². The summed E-state index contributed by atoms with van der Waals surface area (Å²) in [4.78, 5) is 22.0. The average molecular weight is 308 g/mol. The van der Waals surface area contributed by atoms with Crippen LogP contribution >= 0.6 is 0 Å². The number of carbonyl (C=O) groups is 1. The quantitative estimate of drug-likeness (QED) is 0.386. The molecule has 0 aromatic heterocycles. The van der Waals surface area contributed by atoms with Crippen molar-refractivity contribution in [1.82, 2.24) is 5.32 Å². The second-order valence-corrected chi connectivity index (χ2v) is 5.08. The molecule has 1 fully saturated rings. The molecule has 0 unspecified atom stereocenters. The fourth-order valence-corrected chi connectivity index (χ4v) is 2.28. The van der Waals surface area contributed by atoms with E-state index in [0.29, 0.717) is 26.1 Å². The maximum Gasteiger partial charge on any atom is 0.269 e. The largest absolute Gasteiger partial charge is 0.383 e. The van der Waals surface area contributed by atoms with E-state index in [1.807, 2.05) is 0 Å². The predicted molar refractivity (Wildman–Crippen MR) is 81.5 cm³/mol. The molecule has 1 aliphatic rings. The second-order valence-electron chi connectivity index (χ2n) is 5.08. The van der Waals surface area contributed by atoms with Gasteiger partial charge in [-0.2, -0.15) is 0 Å². The molecule has 1 saturated heterocycles. The van der Waals surface area contributed by atoms with E-state index < -0.39 is 11.0 Å². The number of rotatable bonds is 7. The van der Waals surface area contributed by atoms with E-state index in [2.05, 4.69) is 10.6 Å². The van der Waals surface area contributed by atoms with Crippen LogP contribution in [0, 0.1) is 10.1 Å². The van der Waals surface area contributed by atoms with Crippen LogP contribution in [-0.2, 0) is 9.53 Å². The highest BCUT2D eigenvalue weighted by Crippen LogP contribution is 2.18. The molecule has 8 heteroatoms. The van der Waals surface area contributed by atoms with E-state index in [9.17, 15) is 14.9 Å². The van der Waals surface area contributed by atoms with Gasteiger partial charge in [-0.05, 0) is 25.0 Å². The molecule has 0 bridgehead atoms. The standard InChI is InChI=1S/C14H20N4O4/c15-9-12-5-6-13(22-12)14(19)17-8-7-16-10-1-3-11(4-2-10)18(20)21/h1-4,12-13,16H,5-9,15H2,(H,17,19)/t12-,13+/m1/s1. The molecule has 0 aliphatic carbocycles. The van der Waals surface area contributed by atoms with Crippen LogP contribution < -0.4 is 16.4 Å². The number of nitrogens with one attached hydrogen (secondary N) is 2. The minimum absolute atomic E-state index is 0.0195. The first-order valence-corrected chi connectivity index (χ1v) is 7.21. The van der Waals surface area contributed by atoms with Crippen molar-refractivity contribution in [1.29, 1.82) is 0 Å². The predicted octanol–water partition coefficient (Wildman–Crippen LogP) is 0.629. The number of nitrogens with two attached hydrogens (primary N) is 1. The van der Waals surface area contributed by atoms with Crippen LogP contribution in [0.15, 0.2) is 24.3 Å². The van der Waals surface area contributed by atoms with E-state index in [4.69, 9.17) is 10.5 Å². The van der Waals surface area contributed by atoms with E-state index in [-0.39, 0.29) is 17.7 Å². The molecule has 120 valence electrons. The molecule has 1 amide bonds. The van der Waals surface area contributed by atoms with Gasteiger partial charge in [-0.15, -0.1) is 0 Å². The minimum atomic E-state index is -0.444. The smallest absolute Gasteiger partial charge is 0.269 e. The molecule has 0 radical (unpaired) electrons. The van der Waals surface area contributed by atoms with E-state index in [1.165, 1.54) is 12.1 Å². The van der Waals surface area contributed by atoms with Crippen molar-refractivity contribution in [2.75, 3.05) is 25.0 Å². The van der Waals surface area contributed by atoms with Crippen molar-refractivity contribution < 1.29 is 14.5 Å². The Hall–Kier alpha value is -2.19. The lowest BCUT2D eigenvalue weighted by atomic mass is 10.2. The Morgan fingerprint density at radius 2 is 2.05 bits per heavy atom. The van der Waals surface area contributed by atoms with Crippen molar-refractivity contribution in [3.63, 3.8) is 0 Å². The Morgan fingerprint density at radius 1 is 1.32 bits per heavy atom. The zero-order chi connectivity index (χ0) is 15.9. The molecule has 1 aromatic carbocycles. The number of nitro groups is 1. The van der Waals surface area contributed by atoms with Crippen molar-refractivity contribution in [3.05, 3.63) is 34.4 Å². The maximum atomic E-state index is 11.9. The normalized spacial score (nSPS) is 20.6. The minimum Gasteiger partial charge on any atom is -0.383 e. The number of amides is 1. The molecule has 2 rings (SSSR count). The SMILES string of the molecule is NC[C@H]1CC[C@@H](C(=O)NCCNc2ccc([N+](=O)[O-])cc2)O1. The van der Waals surface area contributed by atoms with Crippen molar-refractivity contribution in [3.8, 4) is 0 Å². The third kappa shape index (κ3) is 4.40. The van der Waals surface area contributed by atoms with Gasteiger partial charge in [-0.1, -0.05) is 0 Å². The van der Waals surface area contributed by atoms with Gasteiger partial charge in [-0.25, -0.2) is 0 Å². The molecule has 2 atom stereocenters. The van der Waals surface area contributed by atoms with Gasteiger partial charge in [0.25, 0.3) is 5.69 Å². The zero-order valence-electron chi connectivity index (χ0n) is 12.2. The number of anilines is 1. The van der Waals surface area contributed by atoms with Crippen LogP contribution in [0.25, 0.3) is 0 Å². The molecule has 4 N–H and O–H groups in total. The molecule has 22 heavy (non-hydrogen) atoms. The van der Waals surface area contributed by atoms with Gasteiger partial charge in [0.15, 0.2) is 0 Å². The number of hydrogen-bond donors (Lipinski definition) is 3. The fourth-order valence-electron chi connectivity index (χ4n) is 2.28. The lowest BCUT2D eigenvalue weighted by Crippen LogP contribution is -2.37. The van der Waals surface area contributed by atoms with E-state index in [1.54, 1.807) is 12.1 Å². The summed E-state index contributed by atoms with van der Waals surface area (Å²) in [7, 11) is 0. The van der Waals surface area contributed by atoms with Crippen molar-refractivity contribution in [2.45, 2.75) is 25.0 Å². The number of carbonyl (C=O) groups excluding carboxylic acids is 1. The van der Waals surface area contributed by atoms with Crippen LogP contribution in [-0.4, -0.2) is 42.7 Å². The number of nitro benzene ring substituents is 1. The number of ether oxygens (including phenoxy) is 1. The van der Waals surface area contributed by atoms with Gasteiger partial charge >= 0.3 is 0 Å². The van der Waals surface area contributed by atoms with Gasteiger partial charge in [0.2, 0.25) is 5.91 Å². The number of non-ortho nitro benzene ring substituents is 1. The molecule has 1 aromatic rings. The summed E-state index contributed by atoms with van der Waals surface area (Å²) < 4.78 is 5.50. The number of benzene rings is 1. The molecule has 1 heterocycles. The number of hydrogen-bond acceptors (Lipinski definition) is 6. The average Bonchev–Trinajstić information content (AvgIpc) is 3.01. The Balaban J connectivity index is 1.66. The van der Waals surface area contributed by atoms with Crippen molar-refractivity contribution >= 4 is 17.3 Å². The number of nitrogens with zero attached hydrogens (tertiary/aromatic N) is 1. The Labute approximate surface area is 128 Å². The molecule has 0 saturated carbocycles. The first-order chi connectivity index (χ1) is 10.6. The Kier molecular flexibility index (Phi) is 5.68. The molecular weight excluding hydrogens is 288 g/mol. The monoisotopic (exact) mass is 308 g/mol. The molecule has 8 nitrogen and oxygen atoms in total. The molecule has 0 spiro atoms. The van der Waals surface area contributed by atoms with Crippen LogP contribution in [0.1, 0.15) is 12.8 Å². The lowest BCUT2D eigenvalue weighted by molar-refractivity contribution is -0.384. The zero-order valence-corrected chi connectivity index (χ0v) is 12.2. The summed E-state index contributed by atoms with van der Waals surface area (Å²) in [6, 6.07) is 6.12. The summed E-state index contributed by atoms with van der Waals surface area (Å²) in [6.45, 7) is 1.41. The Bertz CT molecular complexity index is 520. The third-order valence-electron chi connectivity index (χ3n) is 3.49. The lowest BCUT2D eigenvalue weighted by Gasteiger charge is -2.13. The highest BCUT2D eigenvalue weighted by atomic mass is 16.6. The first kappa shape index (κ1) is 16.2. The van der Waals surface area contributed by atoms with E-state index >= 15 is 0 Å². The summed E-state index contributed by atoms with van der Waals surface area (Å²) in [5, 5.41) is 16.4. The first-order valence-electron chi connectivity index (χ1n) is 7.21. The van der Waals surface area contributed by atoms with Gasteiger partial charge in [-0.3, -0.25) is 14.9 Å². The van der Waals surface area contributed by atoms with Gasteiger partial charge in [0.05, 0.1) is 11.0 Å². The molecular formula is C14H20N4O4. The summed E-state index contributed by atoms with van der Waals surface area (Å²) >= 11 is 0.